The van der Waals surface area contributed by atoms with Gasteiger partial charge in [-0.1, -0.05) is 38.0 Å². The third-order valence-corrected chi connectivity index (χ3v) is 3.53. The van der Waals surface area contributed by atoms with E-state index in [1.54, 1.807) is 18.3 Å². The zero-order valence-corrected chi connectivity index (χ0v) is 12.8. The number of unbranched alkanes of at least 4 members (excludes halogenated alkanes) is 2. The number of rotatable bonds is 7. The summed E-state index contributed by atoms with van der Waals surface area (Å²) in [4.78, 5) is 16.8. The summed E-state index contributed by atoms with van der Waals surface area (Å²) >= 11 is 0. The van der Waals surface area contributed by atoms with Crippen LogP contribution in [0.3, 0.4) is 0 Å². The summed E-state index contributed by atoms with van der Waals surface area (Å²) in [6, 6.07) is 11.5. The number of aromatic nitrogens is 1. The number of nitrogens with one attached hydrogen (secondary N) is 1. The molecule has 0 saturated heterocycles. The van der Waals surface area contributed by atoms with E-state index in [2.05, 4.69) is 17.2 Å². The number of carbonyl (C=O) groups is 1. The number of halogens is 1. The summed E-state index contributed by atoms with van der Waals surface area (Å²) in [7, 11) is 0. The van der Waals surface area contributed by atoms with Gasteiger partial charge in [0.25, 0.3) is 0 Å². The molecule has 1 aromatic heterocycles. The molecule has 0 radical (unpaired) electrons. The number of nitrogens with zero attached hydrogens (tertiary/aromatic N) is 1. The lowest BCUT2D eigenvalue weighted by Crippen LogP contribution is -2.31. The van der Waals surface area contributed by atoms with Crippen molar-refractivity contribution in [3.8, 4) is 0 Å². The monoisotopic (exact) mass is 300 g/mol. The number of pyridine rings is 1. The topological polar surface area (TPSA) is 42.0 Å². The summed E-state index contributed by atoms with van der Waals surface area (Å²) in [5, 5.41) is 2.96. The molecule has 0 aliphatic carbocycles. The summed E-state index contributed by atoms with van der Waals surface area (Å²) in [6.45, 7) is 2.77. The zero-order chi connectivity index (χ0) is 15.8. The van der Waals surface area contributed by atoms with E-state index in [0.29, 0.717) is 12.2 Å². The van der Waals surface area contributed by atoms with Crippen LogP contribution < -0.4 is 5.32 Å². The fourth-order valence-electron chi connectivity index (χ4n) is 2.35. The predicted octanol–water partition coefficient (Wildman–Crippen LogP) is 3.66. The number of benzene rings is 1. The average molecular weight is 300 g/mol. The molecule has 2 aromatic rings. The standard InChI is InChI=1S/C18H21FN2O/c1-2-3-5-13-21-18(22)17(16-7-4-6-12-20-16)14-8-10-15(19)11-9-14/h4,6-12,17H,2-3,5,13H2,1H3,(H,21,22). The van der Waals surface area contributed by atoms with Crippen molar-refractivity contribution >= 4 is 5.91 Å². The molecule has 0 aliphatic heterocycles. The predicted molar refractivity (Wildman–Crippen MR) is 85.0 cm³/mol. The fourth-order valence-corrected chi connectivity index (χ4v) is 2.35. The second-order valence-corrected chi connectivity index (χ2v) is 5.24. The van der Waals surface area contributed by atoms with Crippen molar-refractivity contribution < 1.29 is 9.18 Å². The Labute approximate surface area is 130 Å². The maximum absolute atomic E-state index is 13.1. The van der Waals surface area contributed by atoms with Crippen LogP contribution in [0.25, 0.3) is 0 Å². The van der Waals surface area contributed by atoms with Gasteiger partial charge < -0.3 is 5.32 Å². The van der Waals surface area contributed by atoms with E-state index in [0.717, 1.165) is 24.8 Å². The van der Waals surface area contributed by atoms with Crippen LogP contribution in [0.4, 0.5) is 4.39 Å². The average Bonchev–Trinajstić information content (AvgIpc) is 2.55. The minimum absolute atomic E-state index is 0.0959. The van der Waals surface area contributed by atoms with Gasteiger partial charge in [-0.15, -0.1) is 0 Å². The van der Waals surface area contributed by atoms with Crippen molar-refractivity contribution in [1.82, 2.24) is 10.3 Å². The SMILES string of the molecule is CCCCCNC(=O)C(c1ccc(F)cc1)c1ccccn1. The summed E-state index contributed by atoms with van der Waals surface area (Å²) < 4.78 is 13.1. The fraction of sp³-hybridized carbons (Fsp3) is 0.333. The van der Waals surface area contributed by atoms with Crippen LogP contribution in [0.1, 0.15) is 43.4 Å². The first kappa shape index (κ1) is 16.1. The van der Waals surface area contributed by atoms with Gasteiger partial charge in [0.05, 0.1) is 5.69 Å². The Kier molecular flexibility index (Phi) is 6.07. The number of hydrogen-bond donors (Lipinski definition) is 1. The molecular formula is C18H21FN2O. The quantitative estimate of drug-likeness (QED) is 0.793. The Bertz CT molecular complexity index is 584. The highest BCUT2D eigenvalue weighted by molar-refractivity contribution is 5.86. The first-order valence-electron chi connectivity index (χ1n) is 7.66. The molecule has 3 nitrogen and oxygen atoms in total. The summed E-state index contributed by atoms with van der Waals surface area (Å²) in [5.41, 5.74) is 1.41. The van der Waals surface area contributed by atoms with E-state index >= 15 is 0 Å². The van der Waals surface area contributed by atoms with Crippen LogP contribution in [-0.2, 0) is 4.79 Å². The molecule has 1 amide bonds. The largest absolute Gasteiger partial charge is 0.355 e. The maximum Gasteiger partial charge on any atom is 0.233 e. The van der Waals surface area contributed by atoms with Gasteiger partial charge in [0, 0.05) is 12.7 Å². The molecule has 1 N–H and O–H groups in total. The van der Waals surface area contributed by atoms with E-state index in [1.807, 2.05) is 18.2 Å². The second kappa shape index (κ2) is 8.27. The van der Waals surface area contributed by atoms with E-state index in [1.165, 1.54) is 12.1 Å². The molecule has 22 heavy (non-hydrogen) atoms. The number of carbonyl (C=O) groups excluding carboxylic acids is 1. The van der Waals surface area contributed by atoms with Gasteiger partial charge in [0.1, 0.15) is 11.7 Å². The van der Waals surface area contributed by atoms with Crippen LogP contribution in [0.15, 0.2) is 48.7 Å². The van der Waals surface area contributed by atoms with Crippen molar-refractivity contribution in [2.75, 3.05) is 6.54 Å². The molecule has 4 heteroatoms. The molecule has 0 fully saturated rings. The lowest BCUT2D eigenvalue weighted by molar-refractivity contribution is -0.121. The third kappa shape index (κ3) is 4.38. The van der Waals surface area contributed by atoms with Gasteiger partial charge >= 0.3 is 0 Å². The second-order valence-electron chi connectivity index (χ2n) is 5.24. The van der Waals surface area contributed by atoms with Crippen LogP contribution in [0.2, 0.25) is 0 Å². The van der Waals surface area contributed by atoms with Crippen LogP contribution in [0, 0.1) is 5.82 Å². The van der Waals surface area contributed by atoms with Crippen molar-refractivity contribution in [3.63, 3.8) is 0 Å². The van der Waals surface area contributed by atoms with Crippen molar-refractivity contribution in [2.24, 2.45) is 0 Å². The van der Waals surface area contributed by atoms with Gasteiger partial charge in [-0.25, -0.2) is 4.39 Å². The van der Waals surface area contributed by atoms with Crippen molar-refractivity contribution in [1.29, 1.82) is 0 Å². The molecule has 0 bridgehead atoms. The highest BCUT2D eigenvalue weighted by Crippen LogP contribution is 2.23. The Balaban J connectivity index is 2.18. The Morgan fingerprint density at radius 1 is 1.18 bits per heavy atom. The molecule has 0 spiro atoms. The lowest BCUT2D eigenvalue weighted by Gasteiger charge is -2.17. The Morgan fingerprint density at radius 3 is 2.59 bits per heavy atom. The van der Waals surface area contributed by atoms with E-state index in [4.69, 9.17) is 0 Å². The minimum Gasteiger partial charge on any atom is -0.355 e. The first-order chi connectivity index (χ1) is 10.7. The van der Waals surface area contributed by atoms with E-state index in [9.17, 15) is 9.18 Å². The highest BCUT2D eigenvalue weighted by atomic mass is 19.1. The van der Waals surface area contributed by atoms with Gasteiger partial charge in [-0.3, -0.25) is 9.78 Å². The lowest BCUT2D eigenvalue weighted by atomic mass is 9.94. The van der Waals surface area contributed by atoms with Gasteiger partial charge in [-0.05, 0) is 36.2 Å². The van der Waals surface area contributed by atoms with Gasteiger partial charge in [-0.2, -0.15) is 0 Å². The zero-order valence-electron chi connectivity index (χ0n) is 12.8. The molecule has 1 aromatic carbocycles. The molecular weight excluding hydrogens is 279 g/mol. The maximum atomic E-state index is 13.1. The highest BCUT2D eigenvalue weighted by Gasteiger charge is 2.23. The van der Waals surface area contributed by atoms with Crippen LogP contribution in [0.5, 0.6) is 0 Å². The van der Waals surface area contributed by atoms with Crippen molar-refractivity contribution in [3.05, 3.63) is 65.7 Å². The summed E-state index contributed by atoms with van der Waals surface area (Å²) in [5.74, 6) is -0.920. The molecule has 0 aliphatic rings. The molecule has 1 unspecified atom stereocenters. The van der Waals surface area contributed by atoms with Gasteiger partial charge in [0.2, 0.25) is 5.91 Å². The van der Waals surface area contributed by atoms with Crippen LogP contribution >= 0.6 is 0 Å². The third-order valence-electron chi connectivity index (χ3n) is 3.53. The number of hydrogen-bond acceptors (Lipinski definition) is 2. The molecule has 2 rings (SSSR count). The molecule has 1 atom stereocenters. The van der Waals surface area contributed by atoms with E-state index in [-0.39, 0.29) is 11.7 Å². The molecule has 0 saturated carbocycles. The molecule has 1 heterocycles. The van der Waals surface area contributed by atoms with Gasteiger partial charge in [0.15, 0.2) is 0 Å². The normalized spacial score (nSPS) is 11.9. The van der Waals surface area contributed by atoms with E-state index < -0.39 is 5.92 Å². The molecule has 116 valence electrons. The minimum atomic E-state index is -0.511. The van der Waals surface area contributed by atoms with Crippen molar-refractivity contribution in [2.45, 2.75) is 32.1 Å². The first-order valence-corrected chi connectivity index (χ1v) is 7.66. The Hall–Kier alpha value is -2.23. The number of amides is 1. The summed E-state index contributed by atoms with van der Waals surface area (Å²) in [6.07, 6.45) is 4.82. The van der Waals surface area contributed by atoms with Crippen LogP contribution in [-0.4, -0.2) is 17.4 Å². The Morgan fingerprint density at radius 2 is 1.95 bits per heavy atom. The smallest absolute Gasteiger partial charge is 0.233 e.